The Kier molecular flexibility index (Phi) is 4.57. The van der Waals surface area contributed by atoms with E-state index in [1.165, 1.54) is 44.5 Å². The summed E-state index contributed by atoms with van der Waals surface area (Å²) in [5.41, 5.74) is 10.9. The number of hydrogen-bond acceptors (Lipinski definition) is 0. The summed E-state index contributed by atoms with van der Waals surface area (Å²) < 4.78 is 0. The number of benzene rings is 3. The average molecular weight is 314 g/mol. The summed E-state index contributed by atoms with van der Waals surface area (Å²) in [4.78, 5) is 0. The lowest BCUT2D eigenvalue weighted by molar-refractivity contribution is 0.870. The van der Waals surface area contributed by atoms with Gasteiger partial charge in [-0.05, 0) is 71.2 Å². The lowest BCUT2D eigenvalue weighted by Gasteiger charge is -2.22. The van der Waals surface area contributed by atoms with E-state index in [-0.39, 0.29) is 0 Å². The molecule has 0 aromatic heterocycles. The summed E-state index contributed by atoms with van der Waals surface area (Å²) in [5, 5.41) is 0. The second-order valence-electron chi connectivity index (χ2n) is 7.06. The first-order valence-electron chi connectivity index (χ1n) is 8.75. The van der Waals surface area contributed by atoms with Gasteiger partial charge in [0.1, 0.15) is 0 Å². The van der Waals surface area contributed by atoms with Crippen LogP contribution in [0.5, 0.6) is 0 Å². The minimum atomic E-state index is 0.467. The van der Waals surface area contributed by atoms with E-state index in [1.54, 1.807) is 0 Å². The van der Waals surface area contributed by atoms with Gasteiger partial charge in [-0.15, -0.1) is 0 Å². The number of hydrogen-bond donors (Lipinski definition) is 0. The molecule has 0 aliphatic rings. The van der Waals surface area contributed by atoms with Crippen LogP contribution in [-0.4, -0.2) is 0 Å². The SMILES string of the molecule is Cc1cc(-c2ccccc2C)c(C(C)C)c(-c2ccccc2C)c1. The van der Waals surface area contributed by atoms with Crippen LogP contribution in [0.1, 0.15) is 42.0 Å². The summed E-state index contributed by atoms with van der Waals surface area (Å²) in [6, 6.07) is 22.1. The Morgan fingerprint density at radius 1 is 0.583 bits per heavy atom. The highest BCUT2D eigenvalue weighted by atomic mass is 14.2. The van der Waals surface area contributed by atoms with Crippen molar-refractivity contribution in [2.45, 2.75) is 40.5 Å². The van der Waals surface area contributed by atoms with Crippen LogP contribution in [0.15, 0.2) is 60.7 Å². The lowest BCUT2D eigenvalue weighted by Crippen LogP contribution is -2.00. The maximum Gasteiger partial charge on any atom is -0.0138 e. The van der Waals surface area contributed by atoms with E-state index in [2.05, 4.69) is 95.3 Å². The van der Waals surface area contributed by atoms with Crippen LogP contribution in [0.2, 0.25) is 0 Å². The first-order valence-corrected chi connectivity index (χ1v) is 8.75. The molecule has 0 atom stereocenters. The van der Waals surface area contributed by atoms with Gasteiger partial charge >= 0.3 is 0 Å². The fourth-order valence-electron chi connectivity index (χ4n) is 3.62. The Morgan fingerprint density at radius 3 is 1.38 bits per heavy atom. The zero-order valence-electron chi connectivity index (χ0n) is 15.4. The van der Waals surface area contributed by atoms with E-state index in [4.69, 9.17) is 0 Å². The predicted octanol–water partition coefficient (Wildman–Crippen LogP) is 7.07. The standard InChI is InChI=1S/C24H26/c1-16(2)24-22(20-12-8-6-10-18(20)4)14-17(3)15-23(24)21-13-9-7-11-19(21)5/h6-16H,1-5H3. The molecule has 0 unspecified atom stereocenters. The summed E-state index contributed by atoms with van der Waals surface area (Å²) in [5.74, 6) is 0.467. The van der Waals surface area contributed by atoms with Crippen LogP contribution in [0.3, 0.4) is 0 Å². The largest absolute Gasteiger partial charge is 0.0620 e. The molecule has 0 spiro atoms. The molecule has 0 saturated carbocycles. The van der Waals surface area contributed by atoms with Gasteiger partial charge < -0.3 is 0 Å². The van der Waals surface area contributed by atoms with Crippen molar-refractivity contribution in [2.24, 2.45) is 0 Å². The van der Waals surface area contributed by atoms with Crippen molar-refractivity contribution in [3.8, 4) is 22.3 Å². The van der Waals surface area contributed by atoms with E-state index < -0.39 is 0 Å². The Hall–Kier alpha value is -2.34. The first kappa shape index (κ1) is 16.5. The van der Waals surface area contributed by atoms with Crippen LogP contribution < -0.4 is 0 Å². The normalized spacial score (nSPS) is 11.1. The predicted molar refractivity (Wildman–Crippen MR) is 106 cm³/mol. The fraction of sp³-hybridized carbons (Fsp3) is 0.250. The number of rotatable bonds is 3. The minimum Gasteiger partial charge on any atom is -0.0620 e. The smallest absolute Gasteiger partial charge is 0.0138 e. The molecule has 0 radical (unpaired) electrons. The third-order valence-corrected chi connectivity index (χ3v) is 4.77. The van der Waals surface area contributed by atoms with Gasteiger partial charge in [0.05, 0.1) is 0 Å². The van der Waals surface area contributed by atoms with Crippen molar-refractivity contribution >= 4 is 0 Å². The molecule has 3 aromatic rings. The van der Waals surface area contributed by atoms with Crippen molar-refractivity contribution in [2.75, 3.05) is 0 Å². The van der Waals surface area contributed by atoms with Crippen LogP contribution in [0.25, 0.3) is 22.3 Å². The molecule has 3 aromatic carbocycles. The zero-order chi connectivity index (χ0) is 17.3. The van der Waals surface area contributed by atoms with Crippen molar-refractivity contribution < 1.29 is 0 Å². The zero-order valence-corrected chi connectivity index (χ0v) is 15.4. The second-order valence-corrected chi connectivity index (χ2v) is 7.06. The first-order chi connectivity index (χ1) is 11.5. The molecule has 0 nitrogen and oxygen atoms in total. The van der Waals surface area contributed by atoms with E-state index in [1.807, 2.05) is 0 Å². The van der Waals surface area contributed by atoms with Crippen LogP contribution in [-0.2, 0) is 0 Å². The van der Waals surface area contributed by atoms with Crippen LogP contribution in [0.4, 0.5) is 0 Å². The lowest BCUT2D eigenvalue weighted by atomic mass is 9.82. The van der Waals surface area contributed by atoms with E-state index in [0.717, 1.165) is 0 Å². The maximum atomic E-state index is 2.35. The Balaban J connectivity index is 2.36. The summed E-state index contributed by atoms with van der Waals surface area (Å²) >= 11 is 0. The molecule has 0 N–H and O–H groups in total. The topological polar surface area (TPSA) is 0 Å². The van der Waals surface area contributed by atoms with Gasteiger partial charge in [0.25, 0.3) is 0 Å². The molecular weight excluding hydrogens is 288 g/mol. The molecule has 3 rings (SSSR count). The van der Waals surface area contributed by atoms with Crippen LogP contribution >= 0.6 is 0 Å². The van der Waals surface area contributed by atoms with Crippen molar-refractivity contribution in [3.05, 3.63) is 82.9 Å². The molecule has 0 aliphatic carbocycles. The molecule has 24 heavy (non-hydrogen) atoms. The van der Waals surface area contributed by atoms with Gasteiger partial charge in [-0.3, -0.25) is 0 Å². The molecule has 0 heterocycles. The third-order valence-electron chi connectivity index (χ3n) is 4.77. The van der Waals surface area contributed by atoms with Gasteiger partial charge in [-0.25, -0.2) is 0 Å². The number of aryl methyl sites for hydroxylation is 3. The van der Waals surface area contributed by atoms with E-state index >= 15 is 0 Å². The van der Waals surface area contributed by atoms with Crippen molar-refractivity contribution in [3.63, 3.8) is 0 Å². The van der Waals surface area contributed by atoms with Crippen molar-refractivity contribution in [1.29, 1.82) is 0 Å². The highest BCUT2D eigenvalue weighted by molar-refractivity contribution is 5.82. The molecule has 0 aliphatic heterocycles. The fourth-order valence-corrected chi connectivity index (χ4v) is 3.62. The third kappa shape index (κ3) is 3.01. The van der Waals surface area contributed by atoms with Crippen molar-refractivity contribution in [1.82, 2.24) is 0 Å². The van der Waals surface area contributed by atoms with E-state index in [0.29, 0.717) is 5.92 Å². The monoisotopic (exact) mass is 314 g/mol. The van der Waals surface area contributed by atoms with Gasteiger partial charge in [0.15, 0.2) is 0 Å². The molecule has 0 fully saturated rings. The molecule has 0 bridgehead atoms. The highest BCUT2D eigenvalue weighted by Crippen LogP contribution is 2.40. The summed E-state index contributed by atoms with van der Waals surface area (Å²) in [6.45, 7) is 11.2. The van der Waals surface area contributed by atoms with Gasteiger partial charge in [-0.1, -0.05) is 74.5 Å². The molecule has 0 saturated heterocycles. The minimum absolute atomic E-state index is 0.467. The van der Waals surface area contributed by atoms with Crippen LogP contribution in [0, 0.1) is 20.8 Å². The molecular formula is C24H26. The molecule has 0 heteroatoms. The van der Waals surface area contributed by atoms with Gasteiger partial charge in [-0.2, -0.15) is 0 Å². The Morgan fingerprint density at radius 2 is 1.00 bits per heavy atom. The highest BCUT2D eigenvalue weighted by Gasteiger charge is 2.17. The van der Waals surface area contributed by atoms with Gasteiger partial charge in [0, 0.05) is 0 Å². The average Bonchev–Trinajstić information content (AvgIpc) is 2.54. The molecule has 122 valence electrons. The van der Waals surface area contributed by atoms with E-state index in [9.17, 15) is 0 Å². The Labute approximate surface area is 146 Å². The Bertz CT molecular complexity index is 802. The maximum absolute atomic E-state index is 2.35. The summed E-state index contributed by atoms with van der Waals surface area (Å²) in [7, 11) is 0. The second kappa shape index (κ2) is 6.65. The van der Waals surface area contributed by atoms with Gasteiger partial charge in [0.2, 0.25) is 0 Å². The quantitative estimate of drug-likeness (QED) is 0.485. The molecule has 0 amide bonds. The summed E-state index contributed by atoms with van der Waals surface area (Å²) in [6.07, 6.45) is 0.